The minimum absolute atomic E-state index is 0.283. The molecule has 0 spiro atoms. The van der Waals surface area contributed by atoms with Gasteiger partial charge in [0, 0.05) is 28.9 Å². The number of nitrogens with zero attached hydrogens (tertiary/aromatic N) is 2. The molecule has 0 saturated carbocycles. The zero-order valence-corrected chi connectivity index (χ0v) is 12.2. The lowest BCUT2D eigenvalue weighted by Gasteiger charge is -2.08. The molecule has 1 heterocycles. The van der Waals surface area contributed by atoms with Crippen molar-refractivity contribution in [2.75, 3.05) is 12.4 Å². The summed E-state index contributed by atoms with van der Waals surface area (Å²) in [5, 5.41) is 4.47. The first-order valence-electron chi connectivity index (χ1n) is 5.32. The Morgan fingerprint density at radius 2 is 1.74 bits per heavy atom. The molecule has 0 aliphatic heterocycles. The van der Waals surface area contributed by atoms with Crippen LogP contribution in [0.5, 0.6) is 0 Å². The SMILES string of the molecule is COCc1nc(Cl)cc(Nc2cc(Cl)cc(Cl)c2)n1. The molecule has 2 aromatic rings. The molecule has 0 saturated heterocycles. The van der Waals surface area contributed by atoms with Crippen molar-refractivity contribution in [3.63, 3.8) is 0 Å². The van der Waals surface area contributed by atoms with Crippen LogP contribution >= 0.6 is 34.8 Å². The third-order valence-electron chi connectivity index (χ3n) is 2.15. The Hall–Kier alpha value is -1.07. The molecular formula is C12H10Cl3N3O. The summed E-state index contributed by atoms with van der Waals surface area (Å²) in [6.45, 7) is 0.283. The van der Waals surface area contributed by atoms with Crippen molar-refractivity contribution in [3.8, 4) is 0 Å². The van der Waals surface area contributed by atoms with E-state index < -0.39 is 0 Å². The number of anilines is 2. The maximum Gasteiger partial charge on any atom is 0.158 e. The Kier molecular flexibility index (Phi) is 4.82. The summed E-state index contributed by atoms with van der Waals surface area (Å²) in [5.41, 5.74) is 0.718. The van der Waals surface area contributed by atoms with Crippen LogP contribution in [-0.2, 0) is 11.3 Å². The van der Waals surface area contributed by atoms with E-state index in [1.165, 1.54) is 0 Å². The van der Waals surface area contributed by atoms with Crippen molar-refractivity contribution in [3.05, 3.63) is 45.3 Å². The molecule has 0 aliphatic rings. The van der Waals surface area contributed by atoms with E-state index in [1.807, 2.05) is 0 Å². The lowest BCUT2D eigenvalue weighted by Crippen LogP contribution is -2.01. The van der Waals surface area contributed by atoms with E-state index in [-0.39, 0.29) is 6.61 Å². The Bertz CT molecular complexity index is 572. The van der Waals surface area contributed by atoms with Gasteiger partial charge in [-0.05, 0) is 18.2 Å². The van der Waals surface area contributed by atoms with Crippen LogP contribution in [0.3, 0.4) is 0 Å². The molecule has 2 rings (SSSR count). The molecule has 1 aromatic heterocycles. The quantitative estimate of drug-likeness (QED) is 0.853. The third-order valence-corrected chi connectivity index (χ3v) is 2.78. The number of rotatable bonds is 4. The number of nitrogens with one attached hydrogen (secondary N) is 1. The summed E-state index contributed by atoms with van der Waals surface area (Å²) >= 11 is 17.8. The maximum atomic E-state index is 5.93. The van der Waals surface area contributed by atoms with Gasteiger partial charge in [0.15, 0.2) is 5.82 Å². The Labute approximate surface area is 125 Å². The zero-order valence-electron chi connectivity index (χ0n) is 9.95. The van der Waals surface area contributed by atoms with E-state index in [9.17, 15) is 0 Å². The van der Waals surface area contributed by atoms with E-state index in [0.717, 1.165) is 5.69 Å². The Morgan fingerprint density at radius 1 is 1.05 bits per heavy atom. The molecule has 0 fully saturated rings. The second kappa shape index (κ2) is 6.39. The summed E-state index contributed by atoms with van der Waals surface area (Å²) < 4.78 is 4.97. The van der Waals surface area contributed by atoms with Gasteiger partial charge in [0.25, 0.3) is 0 Å². The molecule has 0 aliphatic carbocycles. The molecule has 19 heavy (non-hydrogen) atoms. The molecule has 7 heteroatoms. The molecule has 0 radical (unpaired) electrons. The van der Waals surface area contributed by atoms with Gasteiger partial charge in [-0.2, -0.15) is 0 Å². The second-order valence-electron chi connectivity index (χ2n) is 3.71. The average molecular weight is 319 g/mol. The van der Waals surface area contributed by atoms with Crippen molar-refractivity contribution in [1.29, 1.82) is 0 Å². The van der Waals surface area contributed by atoms with Gasteiger partial charge in [0.05, 0.1) is 0 Å². The van der Waals surface area contributed by atoms with E-state index in [1.54, 1.807) is 31.4 Å². The Balaban J connectivity index is 2.27. The molecule has 0 amide bonds. The zero-order chi connectivity index (χ0) is 13.8. The fourth-order valence-corrected chi connectivity index (χ4v) is 2.22. The number of hydrogen-bond donors (Lipinski definition) is 1. The highest BCUT2D eigenvalue weighted by molar-refractivity contribution is 6.35. The molecule has 1 N–H and O–H groups in total. The fourth-order valence-electron chi connectivity index (χ4n) is 1.50. The van der Waals surface area contributed by atoms with Gasteiger partial charge >= 0.3 is 0 Å². The average Bonchev–Trinajstić information content (AvgIpc) is 2.26. The minimum atomic E-state index is 0.283. The fraction of sp³-hybridized carbons (Fsp3) is 0.167. The predicted octanol–water partition coefficient (Wildman–Crippen LogP) is 4.33. The summed E-state index contributed by atoms with van der Waals surface area (Å²) in [5.74, 6) is 1.04. The monoisotopic (exact) mass is 317 g/mol. The van der Waals surface area contributed by atoms with Crippen LogP contribution in [0.2, 0.25) is 15.2 Å². The molecular weight excluding hydrogens is 309 g/mol. The van der Waals surface area contributed by atoms with E-state index in [2.05, 4.69) is 15.3 Å². The second-order valence-corrected chi connectivity index (χ2v) is 4.97. The van der Waals surface area contributed by atoms with E-state index >= 15 is 0 Å². The smallest absolute Gasteiger partial charge is 0.158 e. The van der Waals surface area contributed by atoms with Crippen LogP contribution in [0.4, 0.5) is 11.5 Å². The normalized spacial score (nSPS) is 10.5. The highest BCUT2D eigenvalue weighted by Crippen LogP contribution is 2.25. The Morgan fingerprint density at radius 3 is 2.37 bits per heavy atom. The van der Waals surface area contributed by atoms with Gasteiger partial charge in [-0.1, -0.05) is 34.8 Å². The van der Waals surface area contributed by atoms with Gasteiger partial charge in [0.1, 0.15) is 17.6 Å². The molecule has 1 aromatic carbocycles. The first kappa shape index (κ1) is 14.3. The minimum Gasteiger partial charge on any atom is -0.377 e. The first-order chi connectivity index (χ1) is 9.06. The van der Waals surface area contributed by atoms with Gasteiger partial charge < -0.3 is 10.1 Å². The lowest BCUT2D eigenvalue weighted by atomic mass is 10.3. The predicted molar refractivity (Wildman–Crippen MR) is 77.5 cm³/mol. The number of hydrogen-bond acceptors (Lipinski definition) is 4. The number of benzene rings is 1. The summed E-state index contributed by atoms with van der Waals surface area (Å²) in [4.78, 5) is 8.30. The van der Waals surface area contributed by atoms with Gasteiger partial charge in [-0.3, -0.25) is 0 Å². The van der Waals surface area contributed by atoms with Crippen molar-refractivity contribution in [2.24, 2.45) is 0 Å². The number of ether oxygens (including phenoxy) is 1. The topological polar surface area (TPSA) is 47.0 Å². The number of aromatic nitrogens is 2. The highest BCUT2D eigenvalue weighted by atomic mass is 35.5. The van der Waals surface area contributed by atoms with Crippen molar-refractivity contribution in [2.45, 2.75) is 6.61 Å². The highest BCUT2D eigenvalue weighted by Gasteiger charge is 2.05. The van der Waals surface area contributed by atoms with Crippen LogP contribution < -0.4 is 5.32 Å². The summed E-state index contributed by atoms with van der Waals surface area (Å²) in [7, 11) is 1.56. The summed E-state index contributed by atoms with van der Waals surface area (Å²) in [6, 6.07) is 6.73. The van der Waals surface area contributed by atoms with Crippen LogP contribution in [0.25, 0.3) is 0 Å². The maximum absolute atomic E-state index is 5.93. The van der Waals surface area contributed by atoms with Crippen LogP contribution in [0, 0.1) is 0 Å². The summed E-state index contributed by atoms with van der Waals surface area (Å²) in [6.07, 6.45) is 0. The number of methoxy groups -OCH3 is 1. The van der Waals surface area contributed by atoms with Crippen molar-refractivity contribution < 1.29 is 4.74 Å². The molecule has 0 bridgehead atoms. The van der Waals surface area contributed by atoms with Crippen molar-refractivity contribution in [1.82, 2.24) is 9.97 Å². The molecule has 100 valence electrons. The first-order valence-corrected chi connectivity index (χ1v) is 6.46. The molecule has 0 unspecified atom stereocenters. The van der Waals surface area contributed by atoms with Gasteiger partial charge in [-0.15, -0.1) is 0 Å². The van der Waals surface area contributed by atoms with Crippen LogP contribution in [0.1, 0.15) is 5.82 Å². The number of halogens is 3. The largest absolute Gasteiger partial charge is 0.377 e. The van der Waals surface area contributed by atoms with Gasteiger partial charge in [0.2, 0.25) is 0 Å². The standard InChI is InChI=1S/C12H10Cl3N3O/c1-19-6-12-17-10(15)5-11(18-12)16-9-3-7(13)2-8(14)4-9/h2-5H,6H2,1H3,(H,16,17,18). The van der Waals surface area contributed by atoms with Gasteiger partial charge in [-0.25, -0.2) is 9.97 Å². The van der Waals surface area contributed by atoms with Crippen molar-refractivity contribution >= 4 is 46.3 Å². The third kappa shape index (κ3) is 4.21. The molecule has 4 nitrogen and oxygen atoms in total. The van der Waals surface area contributed by atoms with E-state index in [4.69, 9.17) is 39.5 Å². The molecule has 0 atom stereocenters. The van der Waals surface area contributed by atoms with Crippen LogP contribution in [-0.4, -0.2) is 17.1 Å². The van der Waals surface area contributed by atoms with E-state index in [0.29, 0.717) is 26.8 Å². The van der Waals surface area contributed by atoms with Crippen LogP contribution in [0.15, 0.2) is 24.3 Å². The lowest BCUT2D eigenvalue weighted by molar-refractivity contribution is 0.178.